The van der Waals surface area contributed by atoms with E-state index in [4.69, 9.17) is 9.72 Å². The summed E-state index contributed by atoms with van der Waals surface area (Å²) in [4.78, 5) is 43.0. The number of methoxy groups -OCH3 is 1. The molecule has 48 heavy (non-hydrogen) atoms. The third kappa shape index (κ3) is 5.79. The molecule has 3 aromatic heterocycles. The molecule has 0 spiro atoms. The Morgan fingerprint density at radius 3 is 2.50 bits per heavy atom. The lowest BCUT2D eigenvalue weighted by Gasteiger charge is -2.41. The molecule has 1 N–H and O–H groups in total. The smallest absolute Gasteiger partial charge is 0.258 e. The van der Waals surface area contributed by atoms with Crippen LogP contribution in [0.1, 0.15) is 32.4 Å². The maximum atomic E-state index is 16.1. The number of nitrogens with zero attached hydrogens (tertiary/aromatic N) is 6. The van der Waals surface area contributed by atoms with E-state index in [0.29, 0.717) is 55.2 Å². The molecular formula is C35H38F2N6O4S. The number of ether oxygens (including phenoxy) is 1. The van der Waals surface area contributed by atoms with E-state index >= 15 is 8.78 Å². The predicted octanol–water partition coefficient (Wildman–Crippen LogP) is 5.33. The monoisotopic (exact) mass is 676 g/mol. The van der Waals surface area contributed by atoms with Crippen LogP contribution in [0.2, 0.25) is 0 Å². The third-order valence-electron chi connectivity index (χ3n) is 9.04. The van der Waals surface area contributed by atoms with Crippen LogP contribution in [0, 0.1) is 11.6 Å². The molecular weight excluding hydrogens is 638 g/mol. The van der Waals surface area contributed by atoms with Gasteiger partial charge in [0.15, 0.2) is 11.5 Å². The zero-order valence-electron chi connectivity index (χ0n) is 27.5. The van der Waals surface area contributed by atoms with Crippen molar-refractivity contribution in [2.75, 3.05) is 55.9 Å². The number of phenolic OH excluding ortho intramolecular Hbond substituents is 1. The average molecular weight is 677 g/mol. The van der Waals surface area contributed by atoms with Crippen LogP contribution >= 0.6 is 11.8 Å². The van der Waals surface area contributed by atoms with Crippen molar-refractivity contribution in [2.24, 2.45) is 0 Å². The van der Waals surface area contributed by atoms with Gasteiger partial charge in [0.05, 0.1) is 28.7 Å². The molecule has 1 aromatic carbocycles. The van der Waals surface area contributed by atoms with E-state index in [9.17, 15) is 14.7 Å². The number of aromatic hydroxyl groups is 1. The van der Waals surface area contributed by atoms with Crippen molar-refractivity contribution >= 4 is 40.2 Å². The number of carbonyl (C=O) groups excluding carboxylic acids is 1. The number of benzene rings is 1. The molecule has 1 amide bonds. The van der Waals surface area contributed by atoms with E-state index in [0.717, 1.165) is 16.8 Å². The van der Waals surface area contributed by atoms with Gasteiger partial charge in [0.25, 0.3) is 5.56 Å². The molecule has 6 rings (SSSR count). The van der Waals surface area contributed by atoms with Crippen LogP contribution in [0.25, 0.3) is 28.0 Å². The van der Waals surface area contributed by atoms with Gasteiger partial charge in [-0.1, -0.05) is 26.5 Å². The fourth-order valence-electron chi connectivity index (χ4n) is 6.46. The largest absolute Gasteiger partial charge is 0.507 e. The van der Waals surface area contributed by atoms with E-state index in [1.807, 2.05) is 38.0 Å². The SMILES string of the molecule is C=CC(=O)N1CCN(c2cc(=O)n(-c3c(SC)cc(N4CC(OC)C4)nc3C(C)C)c3nc(-c4c(O)cccc4F)c(F)cc23)[C@@H](C)C1. The van der Waals surface area contributed by atoms with Gasteiger partial charge in [-0.3, -0.25) is 14.2 Å². The molecule has 13 heteroatoms. The van der Waals surface area contributed by atoms with Crippen LogP contribution < -0.4 is 15.4 Å². The zero-order valence-corrected chi connectivity index (χ0v) is 28.4. The maximum absolute atomic E-state index is 16.1. The normalized spacial score (nSPS) is 16.9. The van der Waals surface area contributed by atoms with Crippen LogP contribution in [0.4, 0.5) is 20.3 Å². The first kappa shape index (κ1) is 33.4. The summed E-state index contributed by atoms with van der Waals surface area (Å²) < 4.78 is 38.2. The van der Waals surface area contributed by atoms with Crippen LogP contribution in [0.15, 0.2) is 58.7 Å². The van der Waals surface area contributed by atoms with Gasteiger partial charge in [-0.25, -0.2) is 18.7 Å². The number of anilines is 2. The van der Waals surface area contributed by atoms with Gasteiger partial charge in [-0.15, -0.1) is 11.8 Å². The van der Waals surface area contributed by atoms with Crippen molar-refractivity contribution in [1.82, 2.24) is 19.4 Å². The highest BCUT2D eigenvalue weighted by molar-refractivity contribution is 7.98. The Morgan fingerprint density at radius 2 is 1.88 bits per heavy atom. The van der Waals surface area contributed by atoms with Crippen molar-refractivity contribution in [3.63, 3.8) is 0 Å². The van der Waals surface area contributed by atoms with E-state index in [2.05, 4.69) is 16.5 Å². The lowest BCUT2D eigenvalue weighted by molar-refractivity contribution is -0.126. The molecule has 2 fully saturated rings. The van der Waals surface area contributed by atoms with Crippen molar-refractivity contribution in [3.05, 3.63) is 76.7 Å². The minimum absolute atomic E-state index is 0.0866. The summed E-state index contributed by atoms with van der Waals surface area (Å²) in [5.41, 5.74) is 0.400. The Bertz CT molecular complexity index is 1960. The summed E-state index contributed by atoms with van der Waals surface area (Å²) in [7, 11) is 1.68. The molecule has 10 nitrogen and oxygen atoms in total. The number of hydrogen-bond acceptors (Lipinski definition) is 9. The van der Waals surface area contributed by atoms with Gasteiger partial charge in [-0.05, 0) is 49.4 Å². The number of hydrogen-bond donors (Lipinski definition) is 1. The molecule has 252 valence electrons. The Labute approximate surface area is 281 Å². The summed E-state index contributed by atoms with van der Waals surface area (Å²) in [5.74, 6) is -1.77. The first-order valence-electron chi connectivity index (χ1n) is 15.8. The Hall–Kier alpha value is -4.49. The second kappa shape index (κ2) is 13.2. The predicted molar refractivity (Wildman–Crippen MR) is 185 cm³/mol. The molecule has 0 bridgehead atoms. The van der Waals surface area contributed by atoms with Gasteiger partial charge in [0.2, 0.25) is 5.91 Å². The number of amides is 1. The van der Waals surface area contributed by atoms with E-state index in [1.165, 1.54) is 46.7 Å². The number of thioether (sulfide) groups is 1. The van der Waals surface area contributed by atoms with Gasteiger partial charge in [0, 0.05) is 62.2 Å². The van der Waals surface area contributed by atoms with Gasteiger partial charge < -0.3 is 24.5 Å². The maximum Gasteiger partial charge on any atom is 0.258 e. The second-order valence-electron chi connectivity index (χ2n) is 12.4. The summed E-state index contributed by atoms with van der Waals surface area (Å²) in [6.07, 6.45) is 3.28. The fourth-order valence-corrected chi connectivity index (χ4v) is 7.07. The van der Waals surface area contributed by atoms with Crippen LogP contribution in [0.3, 0.4) is 0 Å². The molecule has 1 atom stereocenters. The number of aromatic nitrogens is 3. The molecule has 0 saturated carbocycles. The van der Waals surface area contributed by atoms with E-state index in [-0.39, 0.29) is 29.6 Å². The van der Waals surface area contributed by atoms with Crippen LogP contribution in [-0.4, -0.2) is 88.7 Å². The number of rotatable bonds is 8. The summed E-state index contributed by atoms with van der Waals surface area (Å²) >= 11 is 1.44. The lowest BCUT2D eigenvalue weighted by Crippen LogP contribution is -2.53. The van der Waals surface area contributed by atoms with Crippen LogP contribution in [-0.2, 0) is 9.53 Å². The minimum Gasteiger partial charge on any atom is -0.507 e. The van der Waals surface area contributed by atoms with Crippen molar-refractivity contribution in [2.45, 2.75) is 43.7 Å². The summed E-state index contributed by atoms with van der Waals surface area (Å²) in [6.45, 7) is 12.0. The van der Waals surface area contributed by atoms with E-state index < -0.39 is 34.2 Å². The first-order valence-corrected chi connectivity index (χ1v) is 17.0. The highest BCUT2D eigenvalue weighted by Crippen LogP contribution is 2.40. The molecule has 2 saturated heterocycles. The van der Waals surface area contributed by atoms with Gasteiger partial charge in [0.1, 0.15) is 23.1 Å². The summed E-state index contributed by atoms with van der Waals surface area (Å²) in [6, 6.07) is 8.09. The summed E-state index contributed by atoms with van der Waals surface area (Å²) in [5, 5.41) is 10.9. The quantitative estimate of drug-likeness (QED) is 0.196. The topological polar surface area (TPSA) is 104 Å². The third-order valence-corrected chi connectivity index (χ3v) is 9.79. The average Bonchev–Trinajstić information content (AvgIpc) is 3.03. The van der Waals surface area contributed by atoms with Gasteiger partial charge in [-0.2, -0.15) is 0 Å². The van der Waals surface area contributed by atoms with Crippen molar-refractivity contribution in [3.8, 4) is 22.7 Å². The Morgan fingerprint density at radius 1 is 1.12 bits per heavy atom. The lowest BCUT2D eigenvalue weighted by atomic mass is 10.0. The molecule has 0 aliphatic carbocycles. The Balaban J connectivity index is 1.63. The van der Waals surface area contributed by atoms with Gasteiger partial charge >= 0.3 is 0 Å². The number of carbonyl (C=O) groups is 1. The first-order chi connectivity index (χ1) is 23.0. The number of halogens is 2. The van der Waals surface area contributed by atoms with Crippen LogP contribution in [0.5, 0.6) is 5.75 Å². The van der Waals surface area contributed by atoms with E-state index in [1.54, 1.807) is 12.0 Å². The highest BCUT2D eigenvalue weighted by Gasteiger charge is 2.32. The number of phenols is 1. The van der Waals surface area contributed by atoms with Crippen molar-refractivity contribution < 1.29 is 23.4 Å². The molecule has 2 aliphatic heterocycles. The minimum atomic E-state index is -0.865. The molecule has 0 radical (unpaired) electrons. The second-order valence-corrected chi connectivity index (χ2v) is 13.2. The van der Waals surface area contributed by atoms with Crippen molar-refractivity contribution in [1.29, 1.82) is 0 Å². The zero-order chi connectivity index (χ0) is 34.4. The molecule has 2 aliphatic rings. The number of fused-ring (bicyclic) bond motifs is 1. The highest BCUT2D eigenvalue weighted by atomic mass is 32.2. The number of pyridine rings is 3. The molecule has 5 heterocycles. The Kier molecular flexibility index (Phi) is 9.18. The molecule has 0 unspecified atom stereocenters. The fraction of sp³-hybridized carbons (Fsp3) is 0.371. The number of piperazine rings is 1. The molecule has 4 aromatic rings. The standard InChI is InChI=1S/C35H38F2N6O4S/c1-7-29(45)40-11-12-42(20(4)16-40)25-14-30(46)43(35-22(25)13-24(37)33(39-35)31-23(36)9-8-10-26(31)44)34-27(48-6)15-28(38-32(34)19(2)3)41-17-21(18-41)47-5/h7-10,13-15,19-21,44H,1,11-12,16-18H2,2-6H3/t20-/m0/s1.